The van der Waals surface area contributed by atoms with Crippen LogP contribution >= 0.6 is 0 Å². The van der Waals surface area contributed by atoms with Gasteiger partial charge in [0.05, 0.1) is 9.79 Å². The summed E-state index contributed by atoms with van der Waals surface area (Å²) >= 11 is 0. The van der Waals surface area contributed by atoms with Crippen molar-refractivity contribution < 1.29 is 17.9 Å². The Morgan fingerprint density at radius 2 is 1.47 bits per heavy atom. The summed E-state index contributed by atoms with van der Waals surface area (Å²) in [4.78, 5) is 0.508. The van der Waals surface area contributed by atoms with Crippen LogP contribution in [0.1, 0.15) is 11.1 Å². The summed E-state index contributed by atoms with van der Waals surface area (Å²) in [6.07, 6.45) is 0.494. The topological polar surface area (TPSA) is 54.4 Å². The fourth-order valence-electron chi connectivity index (χ4n) is 3.64. The molecule has 0 aromatic heterocycles. The number of halogens is 1. The zero-order chi connectivity index (χ0) is 21.3. The predicted octanol–water partition coefficient (Wildman–Crippen LogP) is 5.32. The quantitative estimate of drug-likeness (QED) is 0.475. The number of aliphatic hydroxyl groups excluding tert-OH is 1. The molecule has 30 heavy (non-hydrogen) atoms. The standard InChI is InChI=1S/C25H21FO3S/c1-17-14-18(12-13-27)2-11-25(17)30(28,29)24-10-7-21-15-20(3-4-22(21)16-24)19-5-8-23(26)9-6-19/h2-11,14-16,27H,12-13H2,1H3. The number of fused-ring (bicyclic) bond motifs is 1. The van der Waals surface area contributed by atoms with Crippen molar-refractivity contribution in [3.05, 3.63) is 95.8 Å². The fraction of sp³-hybridized carbons (Fsp3) is 0.120. The number of aryl methyl sites for hydroxylation is 1. The lowest BCUT2D eigenvalue weighted by molar-refractivity contribution is 0.299. The van der Waals surface area contributed by atoms with Gasteiger partial charge in [-0.1, -0.05) is 42.5 Å². The highest BCUT2D eigenvalue weighted by Crippen LogP contribution is 2.30. The van der Waals surface area contributed by atoms with Crippen molar-refractivity contribution in [3.63, 3.8) is 0 Å². The summed E-state index contributed by atoms with van der Waals surface area (Å²) in [6.45, 7) is 1.79. The van der Waals surface area contributed by atoms with Crippen molar-refractivity contribution in [2.45, 2.75) is 23.1 Å². The molecule has 0 fully saturated rings. The lowest BCUT2D eigenvalue weighted by atomic mass is 10.0. The summed E-state index contributed by atoms with van der Waals surface area (Å²) < 4.78 is 39.6. The van der Waals surface area contributed by atoms with E-state index >= 15 is 0 Å². The Bertz CT molecular complexity index is 1330. The molecule has 0 amide bonds. The second kappa shape index (κ2) is 8.01. The number of benzene rings is 4. The van der Waals surface area contributed by atoms with E-state index in [0.29, 0.717) is 12.0 Å². The van der Waals surface area contributed by atoms with Gasteiger partial charge in [0, 0.05) is 6.61 Å². The van der Waals surface area contributed by atoms with Crippen molar-refractivity contribution in [2.24, 2.45) is 0 Å². The van der Waals surface area contributed by atoms with E-state index in [-0.39, 0.29) is 22.2 Å². The van der Waals surface area contributed by atoms with E-state index in [0.717, 1.165) is 27.5 Å². The molecule has 0 spiro atoms. The van der Waals surface area contributed by atoms with Crippen molar-refractivity contribution in [1.29, 1.82) is 0 Å². The third-order valence-electron chi connectivity index (χ3n) is 5.23. The second-order valence-electron chi connectivity index (χ2n) is 7.31. The highest BCUT2D eigenvalue weighted by atomic mass is 32.2. The van der Waals surface area contributed by atoms with Crippen LogP contribution < -0.4 is 0 Å². The first-order valence-corrected chi connectivity index (χ1v) is 11.1. The average molecular weight is 421 g/mol. The third-order valence-corrected chi connectivity index (χ3v) is 7.14. The Balaban J connectivity index is 1.72. The minimum Gasteiger partial charge on any atom is -0.396 e. The number of aliphatic hydroxyl groups is 1. The summed E-state index contributed by atoms with van der Waals surface area (Å²) in [7, 11) is -3.66. The van der Waals surface area contributed by atoms with Crippen LogP contribution in [0.5, 0.6) is 0 Å². The monoisotopic (exact) mass is 420 g/mol. The normalized spacial score (nSPS) is 11.7. The Morgan fingerprint density at radius 1 is 0.800 bits per heavy atom. The van der Waals surface area contributed by atoms with Gasteiger partial charge in [-0.25, -0.2) is 12.8 Å². The zero-order valence-corrected chi connectivity index (χ0v) is 17.3. The van der Waals surface area contributed by atoms with Gasteiger partial charge >= 0.3 is 0 Å². The third kappa shape index (κ3) is 3.86. The summed E-state index contributed by atoms with van der Waals surface area (Å²) in [6, 6.07) is 22.3. The lowest BCUT2D eigenvalue weighted by Gasteiger charge is -2.11. The Hall–Kier alpha value is -3.02. The molecular weight excluding hydrogens is 399 g/mol. The van der Waals surface area contributed by atoms with Gasteiger partial charge in [0.1, 0.15) is 5.82 Å². The highest BCUT2D eigenvalue weighted by molar-refractivity contribution is 7.91. The average Bonchev–Trinajstić information content (AvgIpc) is 2.73. The molecule has 4 rings (SSSR count). The van der Waals surface area contributed by atoms with E-state index in [1.54, 1.807) is 55.5 Å². The molecule has 0 aliphatic rings. The fourth-order valence-corrected chi connectivity index (χ4v) is 5.15. The number of hydrogen-bond donors (Lipinski definition) is 1. The Kier molecular flexibility index (Phi) is 5.41. The number of rotatable bonds is 5. The maximum Gasteiger partial charge on any atom is 0.206 e. The summed E-state index contributed by atoms with van der Waals surface area (Å²) in [5.74, 6) is -0.283. The summed E-state index contributed by atoms with van der Waals surface area (Å²) in [5, 5.41) is 10.8. The van der Waals surface area contributed by atoms with Gasteiger partial charge in [0.25, 0.3) is 0 Å². The van der Waals surface area contributed by atoms with Crippen molar-refractivity contribution in [3.8, 4) is 11.1 Å². The van der Waals surface area contributed by atoms with E-state index in [4.69, 9.17) is 5.11 Å². The van der Waals surface area contributed by atoms with E-state index in [1.807, 2.05) is 18.2 Å². The minimum atomic E-state index is -3.66. The first-order valence-electron chi connectivity index (χ1n) is 9.64. The van der Waals surface area contributed by atoms with Gasteiger partial charge in [-0.2, -0.15) is 0 Å². The van der Waals surface area contributed by atoms with Gasteiger partial charge in [-0.15, -0.1) is 0 Å². The molecule has 0 bridgehead atoms. The minimum absolute atomic E-state index is 0.0239. The van der Waals surface area contributed by atoms with Gasteiger partial charge in [-0.05, 0) is 82.8 Å². The molecule has 152 valence electrons. The summed E-state index contributed by atoms with van der Waals surface area (Å²) in [5.41, 5.74) is 3.40. The SMILES string of the molecule is Cc1cc(CCO)ccc1S(=O)(=O)c1ccc2cc(-c3ccc(F)cc3)ccc2c1. The van der Waals surface area contributed by atoms with Crippen molar-refractivity contribution in [2.75, 3.05) is 6.61 Å². The molecule has 0 saturated heterocycles. The molecule has 0 radical (unpaired) electrons. The van der Waals surface area contributed by atoms with Crippen LogP contribution in [-0.4, -0.2) is 20.1 Å². The Morgan fingerprint density at radius 3 is 2.17 bits per heavy atom. The van der Waals surface area contributed by atoms with Gasteiger partial charge in [0.15, 0.2) is 0 Å². The molecule has 1 N–H and O–H groups in total. The van der Waals surface area contributed by atoms with E-state index in [1.165, 1.54) is 12.1 Å². The van der Waals surface area contributed by atoms with E-state index in [2.05, 4.69) is 0 Å². The largest absolute Gasteiger partial charge is 0.396 e. The maximum absolute atomic E-state index is 13.2. The first-order chi connectivity index (χ1) is 14.4. The number of hydrogen-bond acceptors (Lipinski definition) is 3. The second-order valence-corrected chi connectivity index (χ2v) is 9.23. The molecule has 5 heteroatoms. The van der Waals surface area contributed by atoms with Crippen LogP contribution in [0.15, 0.2) is 88.7 Å². The van der Waals surface area contributed by atoms with Gasteiger partial charge in [0.2, 0.25) is 9.84 Å². The molecular formula is C25H21FO3S. The first kappa shape index (κ1) is 20.3. The Labute approximate surface area is 175 Å². The van der Waals surface area contributed by atoms with Crippen LogP contribution in [0.3, 0.4) is 0 Å². The molecule has 0 atom stereocenters. The molecule has 0 saturated carbocycles. The van der Waals surface area contributed by atoms with E-state index < -0.39 is 9.84 Å². The van der Waals surface area contributed by atoms with Crippen LogP contribution in [0.25, 0.3) is 21.9 Å². The maximum atomic E-state index is 13.2. The highest BCUT2D eigenvalue weighted by Gasteiger charge is 2.20. The van der Waals surface area contributed by atoms with Crippen molar-refractivity contribution >= 4 is 20.6 Å². The number of sulfone groups is 1. The molecule has 0 heterocycles. The molecule has 4 aromatic carbocycles. The molecule has 3 nitrogen and oxygen atoms in total. The van der Waals surface area contributed by atoms with Crippen LogP contribution in [0, 0.1) is 12.7 Å². The van der Waals surface area contributed by atoms with E-state index in [9.17, 15) is 12.8 Å². The molecule has 0 aliphatic heterocycles. The van der Waals surface area contributed by atoms with Crippen LogP contribution in [0.4, 0.5) is 4.39 Å². The molecule has 0 unspecified atom stereocenters. The zero-order valence-electron chi connectivity index (χ0n) is 16.5. The van der Waals surface area contributed by atoms with Gasteiger partial charge in [-0.3, -0.25) is 0 Å². The van der Waals surface area contributed by atoms with Gasteiger partial charge < -0.3 is 5.11 Å². The van der Waals surface area contributed by atoms with Crippen LogP contribution in [-0.2, 0) is 16.3 Å². The molecule has 0 aliphatic carbocycles. The predicted molar refractivity (Wildman–Crippen MR) is 117 cm³/mol. The van der Waals surface area contributed by atoms with Crippen molar-refractivity contribution in [1.82, 2.24) is 0 Å². The smallest absolute Gasteiger partial charge is 0.206 e. The lowest BCUT2D eigenvalue weighted by Crippen LogP contribution is -2.05. The van der Waals surface area contributed by atoms with Crippen LogP contribution in [0.2, 0.25) is 0 Å². The molecule has 4 aromatic rings.